The van der Waals surface area contributed by atoms with Gasteiger partial charge in [0.15, 0.2) is 4.73 Å². The van der Waals surface area contributed by atoms with Crippen LogP contribution in [0, 0.1) is 0 Å². The van der Waals surface area contributed by atoms with Gasteiger partial charge in [-0.15, -0.1) is 0 Å². The highest BCUT2D eigenvalue weighted by molar-refractivity contribution is 9.10. The van der Waals surface area contributed by atoms with Gasteiger partial charge in [0, 0.05) is 51.1 Å². The summed E-state index contributed by atoms with van der Waals surface area (Å²) in [4.78, 5) is 15.3. The minimum atomic E-state index is 0.662. The monoisotopic (exact) mass is 333 g/mol. The van der Waals surface area contributed by atoms with Crippen molar-refractivity contribution in [2.45, 2.75) is 19.5 Å². The van der Waals surface area contributed by atoms with Crippen molar-refractivity contribution >= 4 is 21.7 Å². The Morgan fingerprint density at radius 3 is 2.90 bits per heavy atom. The first-order chi connectivity index (χ1) is 9.74. The van der Waals surface area contributed by atoms with Gasteiger partial charge < -0.3 is 10.2 Å². The third kappa shape index (κ3) is 2.81. The fourth-order valence-corrected chi connectivity index (χ4v) is 2.83. The normalized spacial score (nSPS) is 13.9. The Hall–Kier alpha value is -1.53. The molecule has 0 spiro atoms. The summed E-state index contributed by atoms with van der Waals surface area (Å²) in [5.74, 6) is 0.992. The molecule has 20 heavy (non-hydrogen) atoms. The first kappa shape index (κ1) is 13.5. The molecule has 2 aromatic heterocycles. The highest BCUT2D eigenvalue weighted by Gasteiger charge is 2.19. The quantitative estimate of drug-likeness (QED) is 0.869. The molecule has 0 unspecified atom stereocenters. The summed E-state index contributed by atoms with van der Waals surface area (Å²) in [5.41, 5.74) is 3.56. The molecule has 1 aliphatic rings. The molecule has 0 amide bonds. The zero-order valence-corrected chi connectivity index (χ0v) is 12.9. The maximum atomic E-state index is 4.56. The molecule has 0 radical (unpaired) electrons. The lowest BCUT2D eigenvalue weighted by Gasteiger charge is -2.25. The van der Waals surface area contributed by atoms with Crippen LogP contribution in [0.3, 0.4) is 0 Å². The van der Waals surface area contributed by atoms with Crippen LogP contribution in [0.2, 0.25) is 0 Å². The molecule has 0 fully saturated rings. The minimum absolute atomic E-state index is 0.662. The van der Waals surface area contributed by atoms with E-state index >= 15 is 0 Å². The summed E-state index contributed by atoms with van der Waals surface area (Å²) in [6, 6.07) is 4.05. The maximum Gasteiger partial charge on any atom is 0.198 e. The molecule has 2 aromatic rings. The average molecular weight is 334 g/mol. The second kappa shape index (κ2) is 5.85. The Morgan fingerprint density at radius 1 is 1.30 bits per heavy atom. The van der Waals surface area contributed by atoms with Gasteiger partial charge in [0.1, 0.15) is 5.82 Å². The topological polar surface area (TPSA) is 53.9 Å². The van der Waals surface area contributed by atoms with Crippen LogP contribution in [0.15, 0.2) is 29.3 Å². The van der Waals surface area contributed by atoms with E-state index in [1.165, 1.54) is 11.1 Å². The molecule has 0 aliphatic carbocycles. The predicted octanol–water partition coefficient (Wildman–Crippen LogP) is 1.92. The van der Waals surface area contributed by atoms with E-state index in [0.29, 0.717) is 4.73 Å². The number of hydrogen-bond donors (Lipinski definition) is 1. The van der Waals surface area contributed by atoms with Crippen LogP contribution in [-0.4, -0.2) is 28.5 Å². The van der Waals surface area contributed by atoms with Crippen LogP contribution in [0.1, 0.15) is 16.8 Å². The molecular weight excluding hydrogens is 318 g/mol. The molecule has 0 saturated carbocycles. The highest BCUT2D eigenvalue weighted by Crippen LogP contribution is 2.25. The molecule has 0 atom stereocenters. The first-order valence-electron chi connectivity index (χ1n) is 6.60. The van der Waals surface area contributed by atoms with Crippen molar-refractivity contribution in [2.75, 3.05) is 18.5 Å². The minimum Gasteiger partial charge on any atom is -0.355 e. The van der Waals surface area contributed by atoms with E-state index in [9.17, 15) is 0 Å². The third-order valence-electron chi connectivity index (χ3n) is 3.41. The Morgan fingerprint density at radius 2 is 2.10 bits per heavy atom. The Balaban J connectivity index is 1.91. The fraction of sp³-hybridized carbons (Fsp3) is 0.357. The summed E-state index contributed by atoms with van der Waals surface area (Å²) in [5, 5.41) is 3.39. The first-order valence-corrected chi connectivity index (χ1v) is 7.39. The number of hydrogen-bond acceptors (Lipinski definition) is 5. The van der Waals surface area contributed by atoms with Crippen molar-refractivity contribution in [3.05, 3.63) is 46.1 Å². The zero-order chi connectivity index (χ0) is 13.9. The zero-order valence-electron chi connectivity index (χ0n) is 11.3. The second-order valence-electron chi connectivity index (χ2n) is 4.88. The van der Waals surface area contributed by atoms with Gasteiger partial charge in [0.25, 0.3) is 0 Å². The van der Waals surface area contributed by atoms with E-state index in [4.69, 9.17) is 0 Å². The van der Waals surface area contributed by atoms with Crippen molar-refractivity contribution in [1.82, 2.24) is 20.3 Å². The van der Waals surface area contributed by atoms with E-state index in [0.717, 1.165) is 37.6 Å². The Bertz CT molecular complexity index is 602. The molecule has 1 N–H and O–H groups in total. The lowest BCUT2D eigenvalue weighted by molar-refractivity contribution is 0.620. The van der Waals surface area contributed by atoms with Gasteiger partial charge in [0.2, 0.25) is 0 Å². The van der Waals surface area contributed by atoms with Gasteiger partial charge in [0.05, 0.1) is 5.69 Å². The van der Waals surface area contributed by atoms with Gasteiger partial charge in [-0.25, -0.2) is 9.97 Å². The molecular formula is C14H16BrN5. The highest BCUT2D eigenvalue weighted by atomic mass is 79.9. The molecule has 3 heterocycles. The van der Waals surface area contributed by atoms with Crippen LogP contribution >= 0.6 is 15.9 Å². The Labute approximate surface area is 126 Å². The standard InChI is InChI=1S/C14H16BrN5/c1-20(9-10-2-5-16-6-3-10)13-11-8-17-7-4-12(11)18-14(15)19-13/h2-3,5-6,17H,4,7-9H2,1H3. The van der Waals surface area contributed by atoms with E-state index in [1.807, 2.05) is 24.5 Å². The van der Waals surface area contributed by atoms with Crippen LogP contribution < -0.4 is 10.2 Å². The predicted molar refractivity (Wildman–Crippen MR) is 81.5 cm³/mol. The molecule has 0 saturated heterocycles. The van der Waals surface area contributed by atoms with Crippen molar-refractivity contribution < 1.29 is 0 Å². The molecule has 0 bridgehead atoms. The van der Waals surface area contributed by atoms with E-state index in [2.05, 4.69) is 48.1 Å². The van der Waals surface area contributed by atoms with Gasteiger partial charge >= 0.3 is 0 Å². The summed E-state index contributed by atoms with van der Waals surface area (Å²) in [7, 11) is 2.06. The lowest BCUT2D eigenvalue weighted by Crippen LogP contribution is -2.29. The summed E-state index contributed by atoms with van der Waals surface area (Å²) < 4.78 is 0.662. The SMILES string of the molecule is CN(Cc1ccncc1)c1nc(Br)nc2c1CNCC2. The molecule has 3 rings (SSSR count). The second-order valence-corrected chi connectivity index (χ2v) is 5.59. The van der Waals surface area contributed by atoms with Gasteiger partial charge in [-0.1, -0.05) is 0 Å². The number of pyridine rings is 1. The van der Waals surface area contributed by atoms with Gasteiger partial charge in [-0.05, 0) is 33.6 Å². The number of rotatable bonds is 3. The molecule has 5 nitrogen and oxygen atoms in total. The number of nitrogens with one attached hydrogen (secondary N) is 1. The molecule has 0 aromatic carbocycles. The third-order valence-corrected chi connectivity index (χ3v) is 3.77. The van der Waals surface area contributed by atoms with Crippen molar-refractivity contribution in [1.29, 1.82) is 0 Å². The van der Waals surface area contributed by atoms with Gasteiger partial charge in [-0.2, -0.15) is 0 Å². The van der Waals surface area contributed by atoms with Crippen LogP contribution in [0.25, 0.3) is 0 Å². The van der Waals surface area contributed by atoms with Crippen molar-refractivity contribution in [2.24, 2.45) is 0 Å². The summed E-state index contributed by atoms with van der Waals surface area (Å²) in [6.07, 6.45) is 4.58. The molecule has 6 heteroatoms. The van der Waals surface area contributed by atoms with Crippen molar-refractivity contribution in [3.8, 4) is 0 Å². The van der Waals surface area contributed by atoms with Crippen LogP contribution in [0.5, 0.6) is 0 Å². The average Bonchev–Trinajstić information content (AvgIpc) is 2.47. The smallest absolute Gasteiger partial charge is 0.198 e. The van der Waals surface area contributed by atoms with Crippen LogP contribution in [-0.2, 0) is 19.5 Å². The van der Waals surface area contributed by atoms with E-state index in [1.54, 1.807) is 0 Å². The molecule has 1 aliphatic heterocycles. The van der Waals surface area contributed by atoms with Gasteiger partial charge in [-0.3, -0.25) is 4.98 Å². The number of aromatic nitrogens is 3. The number of fused-ring (bicyclic) bond motifs is 1. The number of halogens is 1. The van der Waals surface area contributed by atoms with Crippen molar-refractivity contribution in [3.63, 3.8) is 0 Å². The lowest BCUT2D eigenvalue weighted by atomic mass is 10.1. The molecule has 104 valence electrons. The summed E-state index contributed by atoms with van der Waals surface area (Å²) >= 11 is 3.42. The Kier molecular flexibility index (Phi) is 3.93. The van der Waals surface area contributed by atoms with E-state index < -0.39 is 0 Å². The number of nitrogens with zero attached hydrogens (tertiary/aromatic N) is 4. The van der Waals surface area contributed by atoms with Crippen LogP contribution in [0.4, 0.5) is 5.82 Å². The number of anilines is 1. The largest absolute Gasteiger partial charge is 0.355 e. The fourth-order valence-electron chi connectivity index (χ4n) is 2.45. The summed E-state index contributed by atoms with van der Waals surface area (Å²) in [6.45, 7) is 2.61. The van der Waals surface area contributed by atoms with E-state index in [-0.39, 0.29) is 0 Å². The maximum absolute atomic E-state index is 4.56.